The van der Waals surface area contributed by atoms with Crippen molar-refractivity contribution in [3.63, 3.8) is 0 Å². The molecule has 0 aliphatic carbocycles. The number of imidazole rings is 1. The van der Waals surface area contributed by atoms with Gasteiger partial charge in [0.2, 0.25) is 0 Å². The monoisotopic (exact) mass is 381 g/mol. The number of benzene rings is 2. The number of nitrogens with one attached hydrogen (secondary N) is 1. The van der Waals surface area contributed by atoms with E-state index in [2.05, 4.69) is 35.2 Å². The van der Waals surface area contributed by atoms with Crippen LogP contribution in [-0.2, 0) is 6.54 Å². The van der Waals surface area contributed by atoms with Gasteiger partial charge >= 0.3 is 0 Å². The molecule has 3 aromatic rings. The molecule has 0 saturated carbocycles. The van der Waals surface area contributed by atoms with Crippen LogP contribution in [0.1, 0.15) is 48.4 Å². The van der Waals surface area contributed by atoms with Gasteiger partial charge in [-0.15, -0.1) is 0 Å². The maximum atomic E-state index is 12.8. The van der Waals surface area contributed by atoms with Crippen LogP contribution in [-0.4, -0.2) is 27.5 Å². The minimum absolute atomic E-state index is 0.0456. The molecule has 0 saturated heterocycles. The highest BCUT2D eigenvalue weighted by Gasteiger charge is 2.22. The number of amides is 1. The summed E-state index contributed by atoms with van der Waals surface area (Å²) < 4.78 is 2.29. The van der Waals surface area contributed by atoms with E-state index in [0.717, 1.165) is 48.4 Å². The molecule has 0 spiro atoms. The van der Waals surface area contributed by atoms with E-state index in [1.807, 2.05) is 42.5 Å². The lowest BCUT2D eigenvalue weighted by atomic mass is 10.1. The number of carbonyl (C=O) groups is 1. The van der Waals surface area contributed by atoms with Gasteiger partial charge in [0.05, 0.1) is 17.1 Å². The van der Waals surface area contributed by atoms with E-state index >= 15 is 0 Å². The summed E-state index contributed by atoms with van der Waals surface area (Å²) in [5.74, 6) is 1.88. The van der Waals surface area contributed by atoms with Gasteiger partial charge in [-0.3, -0.25) is 4.79 Å². The van der Waals surface area contributed by atoms with Gasteiger partial charge in [-0.2, -0.15) is 11.8 Å². The lowest BCUT2D eigenvalue weighted by Gasteiger charge is -2.20. The van der Waals surface area contributed by atoms with Crippen molar-refractivity contribution in [2.75, 3.05) is 12.0 Å². The zero-order valence-corrected chi connectivity index (χ0v) is 16.8. The van der Waals surface area contributed by atoms with Crippen molar-refractivity contribution in [2.24, 2.45) is 0 Å². The number of nitrogens with zero attached hydrogens (tertiary/aromatic N) is 2. The smallest absolute Gasteiger partial charge is 0.251 e. The number of unbranched alkanes of at least 4 members (excludes halogenated alkanes) is 1. The van der Waals surface area contributed by atoms with Gasteiger partial charge in [-0.25, -0.2) is 4.98 Å². The zero-order chi connectivity index (χ0) is 19.1. The van der Waals surface area contributed by atoms with Crippen molar-refractivity contribution in [3.8, 4) is 0 Å². The Labute approximate surface area is 165 Å². The minimum atomic E-state index is -0.102. The predicted octanol–water partition coefficient (Wildman–Crippen LogP) is 5.06. The fraction of sp³-hybridized carbons (Fsp3) is 0.364. The van der Waals surface area contributed by atoms with Crippen molar-refractivity contribution < 1.29 is 4.79 Å². The number of aromatic nitrogens is 2. The lowest BCUT2D eigenvalue weighted by molar-refractivity contribution is 0.0933. The fourth-order valence-corrected chi connectivity index (χ4v) is 3.72. The summed E-state index contributed by atoms with van der Waals surface area (Å²) in [4.78, 5) is 17.7. The molecule has 1 aromatic heterocycles. The maximum absolute atomic E-state index is 12.8. The zero-order valence-electron chi connectivity index (χ0n) is 16.0. The average Bonchev–Trinajstić information content (AvgIpc) is 3.08. The third kappa shape index (κ3) is 4.72. The van der Waals surface area contributed by atoms with Gasteiger partial charge < -0.3 is 9.88 Å². The van der Waals surface area contributed by atoms with Crippen LogP contribution in [0.25, 0.3) is 11.0 Å². The van der Waals surface area contributed by atoms with Gasteiger partial charge in [-0.05, 0) is 49.1 Å². The van der Waals surface area contributed by atoms with E-state index in [-0.39, 0.29) is 11.9 Å². The van der Waals surface area contributed by atoms with Crippen molar-refractivity contribution in [2.45, 2.75) is 38.8 Å². The summed E-state index contributed by atoms with van der Waals surface area (Å²) in [5.41, 5.74) is 2.82. The number of fused-ring (bicyclic) bond motifs is 1. The molecule has 0 bridgehead atoms. The third-order valence-corrected chi connectivity index (χ3v) is 5.33. The van der Waals surface area contributed by atoms with E-state index in [9.17, 15) is 4.79 Å². The van der Waals surface area contributed by atoms with Gasteiger partial charge in [0.1, 0.15) is 5.82 Å². The molecule has 0 aliphatic heterocycles. The first kappa shape index (κ1) is 19.5. The second kappa shape index (κ2) is 9.60. The molecule has 5 heteroatoms. The molecular weight excluding hydrogens is 354 g/mol. The molecule has 0 unspecified atom stereocenters. The van der Waals surface area contributed by atoms with E-state index in [1.165, 1.54) is 0 Å². The molecule has 142 valence electrons. The molecule has 1 atom stereocenters. The first-order valence-electron chi connectivity index (χ1n) is 9.54. The van der Waals surface area contributed by atoms with E-state index in [4.69, 9.17) is 4.98 Å². The second-order valence-corrected chi connectivity index (χ2v) is 7.62. The second-order valence-electron chi connectivity index (χ2n) is 6.64. The first-order valence-corrected chi connectivity index (χ1v) is 10.9. The summed E-state index contributed by atoms with van der Waals surface area (Å²) in [6.07, 6.45) is 5.17. The Hall–Kier alpha value is -2.27. The molecule has 1 amide bonds. The topological polar surface area (TPSA) is 46.9 Å². The maximum Gasteiger partial charge on any atom is 0.251 e. The molecule has 1 heterocycles. The van der Waals surface area contributed by atoms with Crippen LogP contribution in [0.5, 0.6) is 0 Å². The average molecular weight is 382 g/mol. The molecule has 3 rings (SSSR count). The summed E-state index contributed by atoms with van der Waals surface area (Å²) >= 11 is 1.79. The number of rotatable bonds is 9. The van der Waals surface area contributed by atoms with Gasteiger partial charge in [-0.1, -0.05) is 43.7 Å². The Balaban J connectivity index is 1.95. The van der Waals surface area contributed by atoms with Crippen LogP contribution in [0.15, 0.2) is 54.6 Å². The molecule has 27 heavy (non-hydrogen) atoms. The molecule has 1 N–H and O–H groups in total. The summed E-state index contributed by atoms with van der Waals surface area (Å²) in [6.45, 7) is 3.12. The molecule has 0 fully saturated rings. The summed E-state index contributed by atoms with van der Waals surface area (Å²) in [6, 6.07) is 17.5. The van der Waals surface area contributed by atoms with Crippen molar-refractivity contribution in [1.29, 1.82) is 0 Å². The fourth-order valence-electron chi connectivity index (χ4n) is 3.24. The Morgan fingerprint density at radius 1 is 1.15 bits per heavy atom. The number of hydrogen-bond donors (Lipinski definition) is 1. The third-order valence-electron chi connectivity index (χ3n) is 4.68. The molecular formula is C22H27N3OS. The first-order chi connectivity index (χ1) is 13.2. The van der Waals surface area contributed by atoms with Gasteiger partial charge in [0.25, 0.3) is 5.91 Å². The lowest BCUT2D eigenvalue weighted by Crippen LogP contribution is -2.31. The Morgan fingerprint density at radius 2 is 1.89 bits per heavy atom. The van der Waals surface area contributed by atoms with Crippen molar-refractivity contribution in [3.05, 3.63) is 66.0 Å². The van der Waals surface area contributed by atoms with E-state index in [0.29, 0.717) is 5.56 Å². The number of thioether (sulfide) groups is 1. The molecule has 2 aromatic carbocycles. The predicted molar refractivity (Wildman–Crippen MR) is 114 cm³/mol. The van der Waals surface area contributed by atoms with Crippen LogP contribution in [0, 0.1) is 0 Å². The number of para-hydroxylation sites is 2. The highest BCUT2D eigenvalue weighted by atomic mass is 32.2. The van der Waals surface area contributed by atoms with Crippen molar-refractivity contribution >= 4 is 28.7 Å². The van der Waals surface area contributed by atoms with Crippen molar-refractivity contribution in [1.82, 2.24) is 14.9 Å². The SMILES string of the molecule is CCCCn1c([C@H](CCSC)NC(=O)c2ccccc2)nc2ccccc21. The molecule has 0 radical (unpaired) electrons. The minimum Gasteiger partial charge on any atom is -0.342 e. The quantitative estimate of drug-likeness (QED) is 0.563. The van der Waals surface area contributed by atoms with Crippen LogP contribution in [0.3, 0.4) is 0 Å². The van der Waals surface area contributed by atoms with Gasteiger partial charge in [0, 0.05) is 12.1 Å². The van der Waals surface area contributed by atoms with Gasteiger partial charge in [0.15, 0.2) is 0 Å². The Kier molecular flexibility index (Phi) is 6.93. The van der Waals surface area contributed by atoms with Crippen LogP contribution in [0.4, 0.5) is 0 Å². The number of aryl methyl sites for hydroxylation is 1. The largest absolute Gasteiger partial charge is 0.342 e. The normalized spacial score (nSPS) is 12.2. The standard InChI is InChI=1S/C22H27N3OS/c1-3-4-15-25-20-13-9-8-12-18(20)23-21(25)19(14-16-27-2)24-22(26)17-10-6-5-7-11-17/h5-13,19H,3-4,14-16H2,1-2H3,(H,24,26)/t19-/m0/s1. The van der Waals surface area contributed by atoms with Crippen LogP contribution >= 0.6 is 11.8 Å². The molecule has 0 aliphatic rings. The molecule has 4 nitrogen and oxygen atoms in total. The Morgan fingerprint density at radius 3 is 2.63 bits per heavy atom. The van der Waals surface area contributed by atoms with Crippen LogP contribution in [0.2, 0.25) is 0 Å². The number of hydrogen-bond acceptors (Lipinski definition) is 3. The number of carbonyl (C=O) groups excluding carboxylic acids is 1. The Bertz CT molecular complexity index is 876. The summed E-state index contributed by atoms with van der Waals surface area (Å²) in [5, 5.41) is 3.23. The van der Waals surface area contributed by atoms with E-state index < -0.39 is 0 Å². The highest BCUT2D eigenvalue weighted by molar-refractivity contribution is 7.98. The summed E-state index contributed by atoms with van der Waals surface area (Å²) in [7, 11) is 0. The van der Waals surface area contributed by atoms with Crippen LogP contribution < -0.4 is 5.32 Å². The van der Waals surface area contributed by atoms with E-state index in [1.54, 1.807) is 11.8 Å². The highest BCUT2D eigenvalue weighted by Crippen LogP contribution is 2.25.